The van der Waals surface area contributed by atoms with Gasteiger partial charge in [-0.2, -0.15) is 4.57 Å². The maximum atomic E-state index is 2.28. The van der Waals surface area contributed by atoms with Crippen LogP contribution in [0.4, 0.5) is 0 Å². The van der Waals surface area contributed by atoms with Crippen molar-refractivity contribution in [2.75, 3.05) is 0 Å². The van der Waals surface area contributed by atoms with E-state index in [0.29, 0.717) is 0 Å². The van der Waals surface area contributed by atoms with E-state index in [1.807, 2.05) is 11.3 Å². The number of hydrogen-bond acceptors (Lipinski definition) is 1. The molecule has 0 aliphatic heterocycles. The molecule has 70 valence electrons. The molecule has 0 spiro atoms. The monoisotopic (exact) mass is 306 g/mol. The van der Waals surface area contributed by atoms with Gasteiger partial charge in [-0.15, -0.1) is 24.0 Å². The van der Waals surface area contributed by atoms with Crippen molar-refractivity contribution >= 4 is 45.5 Å². The van der Waals surface area contributed by atoms with E-state index in [1.54, 1.807) is 0 Å². The Morgan fingerprint density at radius 2 is 2.00 bits per heavy atom. The summed E-state index contributed by atoms with van der Waals surface area (Å²) >= 11 is 1.89. The van der Waals surface area contributed by atoms with Crippen molar-refractivity contribution in [3.8, 4) is 0 Å². The molecular formula is C10H13INS+. The van der Waals surface area contributed by atoms with Crippen molar-refractivity contribution in [2.24, 2.45) is 7.05 Å². The number of hydrogen-bond donors (Lipinski definition) is 0. The van der Waals surface area contributed by atoms with E-state index in [2.05, 4.69) is 42.8 Å². The SMILES string of the molecule is CCc1sc2ccccc2[n+]1C.I. The topological polar surface area (TPSA) is 3.88 Å². The molecule has 1 aromatic heterocycles. The lowest BCUT2D eigenvalue weighted by Crippen LogP contribution is -2.30. The van der Waals surface area contributed by atoms with E-state index in [-0.39, 0.29) is 24.0 Å². The number of aromatic nitrogens is 1. The quantitative estimate of drug-likeness (QED) is 0.563. The third-order valence-electron chi connectivity index (χ3n) is 2.13. The van der Waals surface area contributed by atoms with Crippen molar-refractivity contribution in [1.29, 1.82) is 0 Å². The van der Waals surface area contributed by atoms with E-state index < -0.39 is 0 Å². The average molecular weight is 306 g/mol. The van der Waals surface area contributed by atoms with Gasteiger partial charge in [-0.05, 0) is 6.07 Å². The summed E-state index contributed by atoms with van der Waals surface area (Å²) in [5.41, 5.74) is 1.35. The van der Waals surface area contributed by atoms with Gasteiger partial charge >= 0.3 is 0 Å². The van der Waals surface area contributed by atoms with Crippen molar-refractivity contribution in [3.05, 3.63) is 29.3 Å². The number of thiazole rings is 1. The smallest absolute Gasteiger partial charge is 0.189 e. The Morgan fingerprint density at radius 3 is 2.62 bits per heavy atom. The second kappa shape index (κ2) is 4.37. The van der Waals surface area contributed by atoms with Gasteiger partial charge in [0.25, 0.3) is 0 Å². The van der Waals surface area contributed by atoms with Crippen LogP contribution in [0.2, 0.25) is 0 Å². The van der Waals surface area contributed by atoms with Crippen molar-refractivity contribution in [1.82, 2.24) is 0 Å². The van der Waals surface area contributed by atoms with Gasteiger partial charge in [0, 0.05) is 12.5 Å². The predicted molar refractivity (Wildman–Crippen MR) is 67.8 cm³/mol. The highest BCUT2D eigenvalue weighted by atomic mass is 127. The first-order valence-corrected chi connectivity index (χ1v) is 5.01. The summed E-state index contributed by atoms with van der Waals surface area (Å²) in [6, 6.07) is 8.54. The molecule has 0 fully saturated rings. The molecule has 0 amide bonds. The molecule has 3 heteroatoms. The third-order valence-corrected chi connectivity index (χ3v) is 3.49. The maximum Gasteiger partial charge on any atom is 0.237 e. The minimum absolute atomic E-state index is 0. The summed E-state index contributed by atoms with van der Waals surface area (Å²) in [4.78, 5) is 0. The fourth-order valence-electron chi connectivity index (χ4n) is 1.46. The fourth-order valence-corrected chi connectivity index (χ4v) is 2.55. The third kappa shape index (κ3) is 1.86. The molecule has 0 atom stereocenters. The lowest BCUT2D eigenvalue weighted by atomic mass is 10.3. The summed E-state index contributed by atoms with van der Waals surface area (Å²) in [6.07, 6.45) is 1.12. The normalized spacial score (nSPS) is 10.0. The molecular weight excluding hydrogens is 293 g/mol. The van der Waals surface area contributed by atoms with E-state index in [9.17, 15) is 0 Å². The maximum absolute atomic E-state index is 2.28. The second-order valence-corrected chi connectivity index (χ2v) is 3.99. The highest BCUT2D eigenvalue weighted by molar-refractivity contribution is 14.0. The van der Waals surface area contributed by atoms with Crippen LogP contribution in [0.15, 0.2) is 24.3 Å². The molecule has 0 unspecified atom stereocenters. The number of nitrogens with zero attached hydrogens (tertiary/aromatic N) is 1. The number of fused-ring (bicyclic) bond motifs is 1. The van der Waals surface area contributed by atoms with Gasteiger partial charge in [0.05, 0.1) is 0 Å². The van der Waals surface area contributed by atoms with Gasteiger partial charge in [-0.25, -0.2) is 0 Å². The van der Waals surface area contributed by atoms with Crippen LogP contribution in [0.3, 0.4) is 0 Å². The number of rotatable bonds is 1. The first kappa shape index (κ1) is 10.9. The van der Waals surface area contributed by atoms with Crippen LogP contribution in [0.5, 0.6) is 0 Å². The molecule has 0 aliphatic carbocycles. The summed E-state index contributed by atoms with van der Waals surface area (Å²) in [6.45, 7) is 2.20. The first-order valence-electron chi connectivity index (χ1n) is 4.19. The zero-order valence-electron chi connectivity index (χ0n) is 7.78. The molecule has 13 heavy (non-hydrogen) atoms. The van der Waals surface area contributed by atoms with Gasteiger partial charge in [0.2, 0.25) is 10.5 Å². The first-order chi connectivity index (χ1) is 5.83. The van der Waals surface area contributed by atoms with Crippen LogP contribution in [0, 0.1) is 0 Å². The number of aryl methyl sites for hydroxylation is 2. The molecule has 0 aliphatic rings. The Morgan fingerprint density at radius 1 is 1.31 bits per heavy atom. The van der Waals surface area contributed by atoms with Crippen molar-refractivity contribution in [3.63, 3.8) is 0 Å². The molecule has 0 saturated carbocycles. The standard InChI is InChI=1S/C10H12NS.HI/c1-3-10-11(2)8-6-4-5-7-9(8)12-10;/h4-7H,3H2,1-2H3;1H/q+1;. The molecule has 1 nitrogen and oxygen atoms in total. The van der Waals surface area contributed by atoms with Crippen LogP contribution in [-0.4, -0.2) is 0 Å². The second-order valence-electron chi connectivity index (χ2n) is 2.88. The lowest BCUT2D eigenvalue weighted by molar-refractivity contribution is -0.647. The van der Waals surface area contributed by atoms with Crippen LogP contribution < -0.4 is 4.57 Å². The van der Waals surface area contributed by atoms with E-state index >= 15 is 0 Å². The van der Waals surface area contributed by atoms with Gasteiger partial charge in [-0.1, -0.05) is 30.4 Å². The predicted octanol–water partition coefficient (Wildman–Crippen LogP) is 2.91. The van der Waals surface area contributed by atoms with Crippen molar-refractivity contribution < 1.29 is 4.57 Å². The average Bonchev–Trinajstić information content (AvgIpc) is 2.44. The summed E-state index contributed by atoms with van der Waals surface area (Å²) in [7, 11) is 2.14. The van der Waals surface area contributed by atoms with Crippen LogP contribution in [0.25, 0.3) is 10.2 Å². The summed E-state index contributed by atoms with van der Waals surface area (Å²) in [5.74, 6) is 0. The molecule has 2 aromatic rings. The van der Waals surface area contributed by atoms with Crippen LogP contribution >= 0.6 is 35.3 Å². The summed E-state index contributed by atoms with van der Waals surface area (Å²) in [5, 5.41) is 1.44. The minimum Gasteiger partial charge on any atom is -0.189 e. The Bertz CT molecular complexity index is 408. The zero-order chi connectivity index (χ0) is 8.55. The molecule has 0 radical (unpaired) electrons. The van der Waals surface area contributed by atoms with Crippen LogP contribution in [0.1, 0.15) is 11.9 Å². The van der Waals surface area contributed by atoms with Crippen LogP contribution in [-0.2, 0) is 13.5 Å². The van der Waals surface area contributed by atoms with Gasteiger partial charge in [0.15, 0.2) is 0 Å². The highest BCUT2D eigenvalue weighted by Gasteiger charge is 2.13. The van der Waals surface area contributed by atoms with Crippen molar-refractivity contribution in [2.45, 2.75) is 13.3 Å². The molecule has 1 heterocycles. The number of para-hydroxylation sites is 1. The highest BCUT2D eigenvalue weighted by Crippen LogP contribution is 2.19. The van der Waals surface area contributed by atoms with E-state index in [0.717, 1.165) is 6.42 Å². The van der Waals surface area contributed by atoms with E-state index in [4.69, 9.17) is 0 Å². The van der Waals surface area contributed by atoms with E-state index in [1.165, 1.54) is 15.2 Å². The summed E-state index contributed by atoms with van der Waals surface area (Å²) < 4.78 is 3.66. The Labute approximate surface area is 99.4 Å². The fraction of sp³-hybridized carbons (Fsp3) is 0.300. The molecule has 0 N–H and O–H groups in total. The number of halogens is 1. The Hall–Kier alpha value is -0.160. The zero-order valence-corrected chi connectivity index (χ0v) is 10.9. The molecule has 0 bridgehead atoms. The van der Waals surface area contributed by atoms with Gasteiger partial charge in [-0.3, -0.25) is 0 Å². The largest absolute Gasteiger partial charge is 0.237 e. The lowest BCUT2D eigenvalue weighted by Gasteiger charge is -1.85. The number of benzene rings is 1. The van der Waals surface area contributed by atoms with Gasteiger partial charge in [0.1, 0.15) is 11.7 Å². The molecule has 2 rings (SSSR count). The minimum atomic E-state index is 0. The molecule has 1 aromatic carbocycles. The Balaban J connectivity index is 0.000000845. The van der Waals surface area contributed by atoms with Gasteiger partial charge < -0.3 is 0 Å². The molecule has 0 saturated heterocycles. The Kier molecular flexibility index (Phi) is 3.67.